The number of nitrogens with zero attached hydrogens (tertiary/aromatic N) is 1. The van der Waals surface area contributed by atoms with Crippen LogP contribution in [0.25, 0.3) is 0 Å². The zero-order valence-corrected chi connectivity index (χ0v) is 9.44. The van der Waals surface area contributed by atoms with Gasteiger partial charge in [-0.3, -0.25) is 0 Å². The second-order valence-corrected chi connectivity index (χ2v) is 5.38. The molecule has 0 saturated heterocycles. The van der Waals surface area contributed by atoms with Crippen LogP contribution < -0.4 is 0 Å². The van der Waals surface area contributed by atoms with E-state index in [0.717, 1.165) is 0 Å². The lowest BCUT2D eigenvalue weighted by molar-refractivity contribution is 0.375. The van der Waals surface area contributed by atoms with Gasteiger partial charge in [0.25, 0.3) is 0 Å². The maximum Gasteiger partial charge on any atom is 0.211 e. The molecule has 0 atom stereocenters. The second-order valence-electron chi connectivity index (χ2n) is 2.66. The van der Waals surface area contributed by atoms with Crippen molar-refractivity contribution in [1.82, 2.24) is 4.31 Å². The third-order valence-corrected chi connectivity index (χ3v) is 3.12. The Labute approximate surface area is 77.0 Å². The maximum atomic E-state index is 11.1. The van der Waals surface area contributed by atoms with Crippen LogP contribution in [0.1, 0.15) is 13.8 Å². The summed E-state index contributed by atoms with van der Waals surface area (Å²) in [5.41, 5.74) is 0. The smallest absolute Gasteiger partial charge is 0.211 e. The number of rotatable bonds is 4. The molecule has 0 fully saturated rings. The van der Waals surface area contributed by atoms with E-state index < -0.39 is 10.0 Å². The van der Waals surface area contributed by atoms with E-state index in [1.165, 1.54) is 10.6 Å². The molecule has 0 aliphatic rings. The lowest BCUT2D eigenvalue weighted by Crippen LogP contribution is -2.37. The zero-order valence-electron chi connectivity index (χ0n) is 7.04. The van der Waals surface area contributed by atoms with Gasteiger partial charge in [0.1, 0.15) is 0 Å². The van der Waals surface area contributed by atoms with Gasteiger partial charge in [0.05, 0.1) is 6.26 Å². The highest BCUT2D eigenvalue weighted by atomic mass is 79.9. The van der Waals surface area contributed by atoms with Crippen LogP contribution >= 0.6 is 15.9 Å². The zero-order chi connectivity index (χ0) is 9.07. The van der Waals surface area contributed by atoms with E-state index in [1.807, 2.05) is 13.8 Å². The quantitative estimate of drug-likeness (QED) is 0.693. The highest BCUT2D eigenvalue weighted by molar-refractivity contribution is 9.09. The molecule has 68 valence electrons. The third-order valence-electron chi connectivity index (χ3n) is 1.31. The van der Waals surface area contributed by atoms with Crippen molar-refractivity contribution in [1.29, 1.82) is 0 Å². The summed E-state index contributed by atoms with van der Waals surface area (Å²) in [4.78, 5) is 0. The number of halogens is 1. The third kappa shape index (κ3) is 4.08. The summed E-state index contributed by atoms with van der Waals surface area (Å²) in [6.45, 7) is 4.27. The fraction of sp³-hybridized carbons (Fsp3) is 1.00. The largest absolute Gasteiger partial charge is 0.212 e. The minimum atomic E-state index is -3.02. The predicted octanol–water partition coefficient (Wildman–Crippen LogP) is 1.05. The number of hydrogen-bond acceptors (Lipinski definition) is 2. The van der Waals surface area contributed by atoms with Gasteiger partial charge in [-0.2, -0.15) is 4.31 Å². The Morgan fingerprint density at radius 1 is 1.45 bits per heavy atom. The van der Waals surface area contributed by atoms with Gasteiger partial charge >= 0.3 is 0 Å². The molecule has 5 heteroatoms. The summed E-state index contributed by atoms with van der Waals surface area (Å²) >= 11 is 3.20. The van der Waals surface area contributed by atoms with Gasteiger partial charge in [0.2, 0.25) is 10.0 Å². The first-order chi connectivity index (χ1) is 4.89. The molecule has 0 radical (unpaired) electrons. The van der Waals surface area contributed by atoms with Crippen LogP contribution in [-0.2, 0) is 10.0 Å². The fourth-order valence-corrected chi connectivity index (χ4v) is 2.70. The minimum Gasteiger partial charge on any atom is -0.212 e. The van der Waals surface area contributed by atoms with Crippen molar-refractivity contribution in [3.8, 4) is 0 Å². The van der Waals surface area contributed by atoms with Crippen molar-refractivity contribution in [2.45, 2.75) is 19.9 Å². The Kier molecular flexibility index (Phi) is 4.58. The Morgan fingerprint density at radius 2 is 1.91 bits per heavy atom. The molecule has 0 amide bonds. The number of hydrogen-bond donors (Lipinski definition) is 0. The molecular formula is C6H14BrNO2S. The van der Waals surface area contributed by atoms with Gasteiger partial charge < -0.3 is 0 Å². The Morgan fingerprint density at radius 3 is 2.00 bits per heavy atom. The molecule has 0 unspecified atom stereocenters. The molecular weight excluding hydrogens is 230 g/mol. The molecule has 0 heterocycles. The van der Waals surface area contributed by atoms with Crippen molar-refractivity contribution < 1.29 is 8.42 Å². The van der Waals surface area contributed by atoms with E-state index in [1.54, 1.807) is 0 Å². The van der Waals surface area contributed by atoms with Gasteiger partial charge in [-0.05, 0) is 13.8 Å². The lowest BCUT2D eigenvalue weighted by Gasteiger charge is -2.22. The first-order valence-corrected chi connectivity index (χ1v) is 6.39. The highest BCUT2D eigenvalue weighted by Gasteiger charge is 2.18. The molecule has 11 heavy (non-hydrogen) atoms. The summed E-state index contributed by atoms with van der Waals surface area (Å²) in [6, 6.07) is 0.0440. The van der Waals surface area contributed by atoms with Crippen molar-refractivity contribution in [2.24, 2.45) is 0 Å². The standard InChI is InChI=1S/C6H14BrNO2S/c1-6(2)8(5-4-7)11(3,9)10/h6H,4-5H2,1-3H3. The van der Waals surface area contributed by atoms with Gasteiger partial charge in [-0.1, -0.05) is 15.9 Å². The summed E-state index contributed by atoms with van der Waals surface area (Å²) < 4.78 is 23.6. The first kappa shape index (κ1) is 11.4. The average Bonchev–Trinajstić information content (AvgIpc) is 1.79. The molecule has 0 aromatic carbocycles. The van der Waals surface area contributed by atoms with Gasteiger partial charge in [0, 0.05) is 17.9 Å². The van der Waals surface area contributed by atoms with Gasteiger partial charge in [-0.25, -0.2) is 8.42 Å². The molecule has 0 bridgehead atoms. The first-order valence-electron chi connectivity index (χ1n) is 3.42. The average molecular weight is 244 g/mol. The van der Waals surface area contributed by atoms with Crippen LogP contribution in [0, 0.1) is 0 Å². The maximum absolute atomic E-state index is 11.1. The van der Waals surface area contributed by atoms with E-state index in [0.29, 0.717) is 11.9 Å². The summed E-state index contributed by atoms with van der Waals surface area (Å²) in [5, 5.41) is 0.679. The van der Waals surface area contributed by atoms with Crippen molar-refractivity contribution >= 4 is 26.0 Å². The Balaban J connectivity index is 4.36. The molecule has 0 aromatic rings. The van der Waals surface area contributed by atoms with E-state index in [-0.39, 0.29) is 6.04 Å². The number of alkyl halides is 1. The van der Waals surface area contributed by atoms with Crippen LogP contribution in [0.4, 0.5) is 0 Å². The summed E-state index contributed by atoms with van der Waals surface area (Å²) in [7, 11) is -3.02. The van der Waals surface area contributed by atoms with E-state index >= 15 is 0 Å². The predicted molar refractivity (Wildman–Crippen MR) is 50.5 cm³/mol. The van der Waals surface area contributed by atoms with E-state index in [4.69, 9.17) is 0 Å². The topological polar surface area (TPSA) is 37.4 Å². The van der Waals surface area contributed by atoms with Gasteiger partial charge in [-0.15, -0.1) is 0 Å². The molecule has 0 saturated carbocycles. The molecule has 3 nitrogen and oxygen atoms in total. The van der Waals surface area contributed by atoms with E-state index in [2.05, 4.69) is 15.9 Å². The molecule has 0 rings (SSSR count). The normalized spacial score (nSPS) is 12.9. The fourth-order valence-electron chi connectivity index (χ4n) is 0.890. The molecule has 0 spiro atoms. The van der Waals surface area contributed by atoms with E-state index in [9.17, 15) is 8.42 Å². The monoisotopic (exact) mass is 243 g/mol. The van der Waals surface area contributed by atoms with Crippen molar-refractivity contribution in [2.75, 3.05) is 18.1 Å². The number of sulfonamides is 1. The Hall–Kier alpha value is 0.390. The summed E-state index contributed by atoms with van der Waals surface area (Å²) in [5.74, 6) is 0. The van der Waals surface area contributed by atoms with Crippen LogP contribution in [-0.4, -0.2) is 36.9 Å². The van der Waals surface area contributed by atoms with Gasteiger partial charge in [0.15, 0.2) is 0 Å². The lowest BCUT2D eigenvalue weighted by atomic mass is 10.4. The molecule has 0 aromatic heterocycles. The SMILES string of the molecule is CC(C)N(CCBr)S(C)(=O)=O. The van der Waals surface area contributed by atoms with Crippen molar-refractivity contribution in [3.05, 3.63) is 0 Å². The van der Waals surface area contributed by atoms with Crippen molar-refractivity contribution in [3.63, 3.8) is 0 Å². The van der Waals surface area contributed by atoms with Crippen LogP contribution in [0.15, 0.2) is 0 Å². The molecule has 0 aliphatic heterocycles. The molecule has 0 aliphatic carbocycles. The Bertz CT molecular complexity index is 201. The van der Waals surface area contributed by atoms with Crippen LogP contribution in [0.2, 0.25) is 0 Å². The summed E-state index contributed by atoms with van der Waals surface area (Å²) in [6.07, 6.45) is 1.23. The van der Waals surface area contributed by atoms with Crippen LogP contribution in [0.5, 0.6) is 0 Å². The highest BCUT2D eigenvalue weighted by Crippen LogP contribution is 2.04. The van der Waals surface area contributed by atoms with Crippen LogP contribution in [0.3, 0.4) is 0 Å². The second kappa shape index (κ2) is 4.42. The minimum absolute atomic E-state index is 0.0440. The molecule has 0 N–H and O–H groups in total.